The third-order valence-electron chi connectivity index (χ3n) is 0.632. The van der Waals surface area contributed by atoms with Crippen LogP contribution in [0.5, 0.6) is 0 Å². The van der Waals surface area contributed by atoms with Crippen LogP contribution in [0.2, 0.25) is 0 Å². The summed E-state index contributed by atoms with van der Waals surface area (Å²) in [6.07, 6.45) is 0. The first-order valence-corrected chi connectivity index (χ1v) is 5.82. The first-order valence-electron chi connectivity index (χ1n) is 4.49. The Hall–Kier alpha value is -1.84. The van der Waals surface area contributed by atoms with Gasteiger partial charge in [0.2, 0.25) is 0 Å². The molecule has 0 heterocycles. The summed E-state index contributed by atoms with van der Waals surface area (Å²) < 4.78 is 34.1. The molecule has 0 saturated heterocycles. The van der Waals surface area contributed by atoms with E-state index in [2.05, 4.69) is 17.2 Å². The highest BCUT2D eigenvalue weighted by Gasteiger charge is 1.85. The number of hydrogen-bond acceptors (Lipinski definition) is 8. The Morgan fingerprint density at radius 2 is 0.950 bits per heavy atom. The second-order valence-corrected chi connectivity index (χ2v) is 3.13. The van der Waals surface area contributed by atoms with Gasteiger partial charge in [-0.3, -0.25) is 8.42 Å². The van der Waals surface area contributed by atoms with E-state index in [9.17, 15) is 19.5 Å². The van der Waals surface area contributed by atoms with Crippen molar-refractivity contribution in [3.63, 3.8) is 0 Å². The number of rotatable bonds is 3. The molecule has 0 fully saturated rings. The second kappa shape index (κ2) is 17.2. The molecule has 0 aromatic heterocycles. The van der Waals surface area contributed by atoms with Gasteiger partial charge in [0.25, 0.3) is 0 Å². The first kappa shape index (κ1) is 26.7. The third kappa shape index (κ3) is 215. The van der Waals surface area contributed by atoms with Crippen molar-refractivity contribution in [2.75, 3.05) is 19.6 Å². The maximum atomic E-state index is 9.31. The summed E-state index contributed by atoms with van der Waals surface area (Å²) in [5.74, 6) is -2.82. The van der Waals surface area contributed by atoms with E-state index in [1.54, 1.807) is 0 Å². The Bertz CT molecular complexity index is 326. The van der Waals surface area contributed by atoms with Gasteiger partial charge >= 0.3 is 11.9 Å². The van der Waals surface area contributed by atoms with Crippen molar-refractivity contribution in [3.05, 3.63) is 0 Å². The largest absolute Gasteiger partial charge is 0.759 e. The lowest BCUT2D eigenvalue weighted by Gasteiger charge is -2.06. The van der Waals surface area contributed by atoms with E-state index in [0.29, 0.717) is 0 Å². The van der Waals surface area contributed by atoms with E-state index in [0.717, 1.165) is 0 Å². The van der Waals surface area contributed by atoms with Gasteiger partial charge in [-0.25, -0.2) is 9.59 Å². The van der Waals surface area contributed by atoms with Crippen molar-refractivity contribution >= 4 is 28.3 Å². The number of aliphatic carboxylic acids is 3. The number of carboxylic acids is 3. The van der Waals surface area contributed by atoms with Crippen molar-refractivity contribution in [2.45, 2.75) is 0 Å². The van der Waals surface area contributed by atoms with Gasteiger partial charge in [-0.05, 0) is 0 Å². The second-order valence-electron chi connectivity index (χ2n) is 2.32. The third-order valence-corrected chi connectivity index (χ3v) is 0.632. The molecule has 0 amide bonds. The molecule has 0 aliphatic heterocycles. The van der Waals surface area contributed by atoms with E-state index >= 15 is 0 Å². The topological polar surface area (TPSA) is 278 Å². The number of carbonyl (C=O) groups is 3. The summed E-state index contributed by atoms with van der Waals surface area (Å²) in [5.41, 5.74) is 9.19. The summed E-state index contributed by atoms with van der Waals surface area (Å²) >= 11 is 0. The summed E-state index contributed by atoms with van der Waals surface area (Å²) in [5, 5.41) is 24.5. The molecule has 0 aliphatic rings. The predicted octanol–water partition coefficient (Wildman–Crippen LogP) is -7.73. The molecule has 0 unspecified atom stereocenters. The summed E-state index contributed by atoms with van der Waals surface area (Å²) in [4.78, 5) is 27.8. The zero-order chi connectivity index (χ0) is 17.4. The quantitative estimate of drug-likeness (QED) is 0.241. The minimum absolute atomic E-state index is 0.0278. The van der Waals surface area contributed by atoms with Gasteiger partial charge in [0.1, 0.15) is 6.54 Å². The van der Waals surface area contributed by atoms with E-state index in [1.165, 1.54) is 0 Å². The smallest absolute Gasteiger partial charge is 0.359 e. The van der Waals surface area contributed by atoms with Crippen LogP contribution in [0.25, 0.3) is 0 Å². The monoisotopic (exact) mass is 323 g/mol. The Kier molecular flexibility index (Phi) is 22.9. The van der Waals surface area contributed by atoms with Crippen molar-refractivity contribution in [3.8, 4) is 0 Å². The molecular formula is C6H17N3O10S. The molecule has 0 radical (unpaired) electrons. The fourth-order valence-corrected chi connectivity index (χ4v) is 0. The number of quaternary nitrogens is 3. The molecule has 0 aliphatic carbocycles. The lowest BCUT2D eigenvalue weighted by atomic mass is 10.7. The predicted molar refractivity (Wildman–Crippen MR) is 54.0 cm³/mol. The van der Waals surface area contributed by atoms with Crippen LogP contribution in [0.1, 0.15) is 0 Å². The SMILES string of the molecule is O=S(=O)([O-])[O-].[NH3+]CC(=O)O.[NH3+]CC(=O)O.[NH3+]CC(=O)[O-]. The highest BCUT2D eigenvalue weighted by atomic mass is 32.3. The average Bonchev–Trinajstić information content (AvgIpc) is 2.28. The van der Waals surface area contributed by atoms with Gasteiger partial charge in [0.15, 0.2) is 13.1 Å². The van der Waals surface area contributed by atoms with Gasteiger partial charge in [-0.15, -0.1) is 0 Å². The minimum Gasteiger partial charge on any atom is -0.759 e. The molecule has 20 heavy (non-hydrogen) atoms. The van der Waals surface area contributed by atoms with E-state index in [4.69, 9.17) is 27.7 Å². The van der Waals surface area contributed by atoms with Gasteiger partial charge in [0, 0.05) is 10.4 Å². The molecule has 0 aromatic rings. The number of hydrogen-bond donors (Lipinski definition) is 5. The molecule has 14 heteroatoms. The molecule has 0 atom stereocenters. The fourth-order valence-electron chi connectivity index (χ4n) is 0. The Balaban J connectivity index is -0.0000000853. The maximum Gasteiger partial charge on any atom is 0.359 e. The van der Waals surface area contributed by atoms with Crippen LogP contribution in [0.4, 0.5) is 0 Å². The zero-order valence-electron chi connectivity index (χ0n) is 10.3. The van der Waals surface area contributed by atoms with Crippen LogP contribution in [-0.2, 0) is 24.8 Å². The summed E-state index contributed by atoms with van der Waals surface area (Å²) in [6.45, 7) is -0.194. The van der Waals surface area contributed by atoms with Crippen molar-refractivity contribution in [1.29, 1.82) is 0 Å². The van der Waals surface area contributed by atoms with E-state index in [1.807, 2.05) is 0 Å². The summed E-state index contributed by atoms with van der Waals surface area (Å²) in [7, 11) is -5.17. The normalized spacial score (nSPS) is 8.45. The van der Waals surface area contributed by atoms with Crippen molar-refractivity contribution in [2.24, 2.45) is 0 Å². The van der Waals surface area contributed by atoms with Crippen LogP contribution in [0.3, 0.4) is 0 Å². The fraction of sp³-hybridized carbons (Fsp3) is 0.500. The van der Waals surface area contributed by atoms with Crippen molar-refractivity contribution in [1.82, 2.24) is 0 Å². The standard InChI is InChI=1S/3C2H5NO2.H2O4S/c3*3-1-2(4)5;1-5(2,3)4/h3*1,3H2,(H,4,5);(H2,1,2,3,4). The minimum atomic E-state index is -5.17. The average molecular weight is 323 g/mol. The molecule has 11 N–H and O–H groups in total. The number of carbonyl (C=O) groups excluding carboxylic acids is 1. The molecule has 0 bridgehead atoms. The lowest BCUT2D eigenvalue weighted by Crippen LogP contribution is -2.58. The molecule has 0 saturated carbocycles. The summed E-state index contributed by atoms with van der Waals surface area (Å²) in [6, 6.07) is 0. The molecule has 122 valence electrons. The molecule has 0 aromatic carbocycles. The van der Waals surface area contributed by atoms with E-state index < -0.39 is 28.3 Å². The molecule has 13 nitrogen and oxygen atoms in total. The zero-order valence-corrected chi connectivity index (χ0v) is 11.1. The van der Waals surface area contributed by atoms with Gasteiger partial charge in [-0.2, -0.15) is 0 Å². The highest BCUT2D eigenvalue weighted by molar-refractivity contribution is 7.79. The van der Waals surface area contributed by atoms with Crippen LogP contribution >= 0.6 is 0 Å². The lowest BCUT2D eigenvalue weighted by molar-refractivity contribution is -0.396. The number of carboxylic acid groups (broad SMARTS) is 3. The maximum absolute atomic E-state index is 9.31. The Morgan fingerprint density at radius 1 is 0.850 bits per heavy atom. The van der Waals surface area contributed by atoms with Gasteiger partial charge < -0.3 is 46.4 Å². The Morgan fingerprint density at radius 3 is 0.950 bits per heavy atom. The Labute approximate surface area is 113 Å². The van der Waals surface area contributed by atoms with E-state index in [-0.39, 0.29) is 19.6 Å². The van der Waals surface area contributed by atoms with Crippen LogP contribution in [-0.4, -0.2) is 65.3 Å². The first-order chi connectivity index (χ1) is 8.81. The van der Waals surface area contributed by atoms with Crippen LogP contribution < -0.4 is 22.3 Å². The van der Waals surface area contributed by atoms with Gasteiger partial charge in [0.05, 0.1) is 5.97 Å². The molecule has 0 rings (SSSR count). The van der Waals surface area contributed by atoms with Crippen LogP contribution in [0, 0.1) is 0 Å². The van der Waals surface area contributed by atoms with Gasteiger partial charge in [-0.1, -0.05) is 0 Å². The molecule has 0 spiro atoms. The molecular weight excluding hydrogens is 306 g/mol. The van der Waals surface area contributed by atoms with Crippen molar-refractivity contribution < 1.29 is 64.4 Å². The van der Waals surface area contributed by atoms with Crippen LogP contribution in [0.15, 0.2) is 0 Å². The highest BCUT2D eigenvalue weighted by Crippen LogP contribution is 1.57.